The van der Waals surface area contributed by atoms with Crippen LogP contribution < -0.4 is 11.1 Å². The summed E-state index contributed by atoms with van der Waals surface area (Å²) in [6.45, 7) is 3.32. The summed E-state index contributed by atoms with van der Waals surface area (Å²) in [4.78, 5) is 11.2. The van der Waals surface area contributed by atoms with E-state index in [9.17, 15) is 31.1 Å². The summed E-state index contributed by atoms with van der Waals surface area (Å²) in [5.41, 5.74) is 4.64. The number of carbonyl (C=O) groups excluding carboxylic acids is 1. The third-order valence-corrected chi connectivity index (χ3v) is 2.72. The monoisotopic (exact) mass is 308 g/mol. The molecular weight excluding hydrogens is 290 g/mol. The highest BCUT2D eigenvalue weighted by atomic mass is 19.4. The third-order valence-electron chi connectivity index (χ3n) is 2.72. The van der Waals surface area contributed by atoms with Crippen molar-refractivity contribution in [2.75, 3.05) is 13.1 Å². The zero-order chi connectivity index (χ0) is 16.2. The molecule has 0 rings (SSSR count). The van der Waals surface area contributed by atoms with Crippen LogP contribution in [-0.2, 0) is 4.79 Å². The van der Waals surface area contributed by atoms with Crippen molar-refractivity contribution in [2.24, 2.45) is 17.1 Å². The van der Waals surface area contributed by atoms with Gasteiger partial charge in [-0.2, -0.15) is 26.3 Å². The van der Waals surface area contributed by atoms with Crippen molar-refractivity contribution in [2.45, 2.75) is 39.0 Å². The molecule has 0 saturated carbocycles. The quantitative estimate of drug-likeness (QED) is 0.741. The van der Waals surface area contributed by atoms with E-state index in [1.54, 1.807) is 19.2 Å². The summed E-state index contributed by atoms with van der Waals surface area (Å²) < 4.78 is 73.7. The fraction of sp³-hybridized carbons (Fsp3) is 0.909. The number of amides is 1. The standard InChI is InChI=1S/C11H18F6N2O/c1-9(2,4-3-5-18)6-19-8(20)7(10(12,13)14)11(15,16)17/h7H,3-6,18H2,1-2H3,(H,19,20). The maximum atomic E-state index is 12.3. The minimum absolute atomic E-state index is 0.283. The van der Waals surface area contributed by atoms with E-state index in [0.717, 1.165) is 0 Å². The molecule has 120 valence electrons. The smallest absolute Gasteiger partial charge is 0.355 e. The first-order chi connectivity index (χ1) is 8.81. The highest BCUT2D eigenvalue weighted by Gasteiger charge is 2.61. The Morgan fingerprint density at radius 3 is 1.90 bits per heavy atom. The number of carbonyl (C=O) groups is 1. The van der Waals surface area contributed by atoms with Crippen molar-refractivity contribution in [1.29, 1.82) is 0 Å². The van der Waals surface area contributed by atoms with E-state index in [1.165, 1.54) is 0 Å². The molecule has 0 bridgehead atoms. The van der Waals surface area contributed by atoms with Crippen molar-refractivity contribution in [3.8, 4) is 0 Å². The number of nitrogens with one attached hydrogen (secondary N) is 1. The Kier molecular flexibility index (Phi) is 6.31. The molecule has 9 heteroatoms. The average molecular weight is 308 g/mol. The van der Waals surface area contributed by atoms with Crippen molar-refractivity contribution in [1.82, 2.24) is 5.32 Å². The maximum absolute atomic E-state index is 12.3. The van der Waals surface area contributed by atoms with E-state index in [2.05, 4.69) is 0 Å². The van der Waals surface area contributed by atoms with Crippen LogP contribution in [0.25, 0.3) is 0 Å². The molecule has 0 radical (unpaired) electrons. The molecule has 3 N–H and O–H groups in total. The number of hydrogen-bond acceptors (Lipinski definition) is 2. The molecule has 0 aliphatic heterocycles. The van der Waals surface area contributed by atoms with Gasteiger partial charge in [0.05, 0.1) is 0 Å². The van der Waals surface area contributed by atoms with Gasteiger partial charge in [-0.15, -0.1) is 0 Å². The highest BCUT2D eigenvalue weighted by molar-refractivity contribution is 5.80. The molecule has 0 fully saturated rings. The summed E-state index contributed by atoms with van der Waals surface area (Å²) in [7, 11) is 0. The Bertz CT molecular complexity index is 310. The number of alkyl halides is 6. The number of nitrogens with two attached hydrogens (primary N) is 1. The lowest BCUT2D eigenvalue weighted by atomic mass is 9.87. The Labute approximate surface area is 112 Å². The van der Waals surface area contributed by atoms with E-state index >= 15 is 0 Å². The maximum Gasteiger partial charge on any atom is 0.409 e. The van der Waals surface area contributed by atoms with Crippen LogP contribution in [-0.4, -0.2) is 31.3 Å². The molecule has 0 spiro atoms. The van der Waals surface area contributed by atoms with Crippen LogP contribution in [0.1, 0.15) is 26.7 Å². The van der Waals surface area contributed by atoms with Crippen molar-refractivity contribution >= 4 is 5.91 Å². The number of hydrogen-bond donors (Lipinski definition) is 2. The van der Waals surface area contributed by atoms with E-state index in [1.807, 2.05) is 0 Å². The fourth-order valence-electron chi connectivity index (χ4n) is 1.58. The van der Waals surface area contributed by atoms with Gasteiger partial charge < -0.3 is 11.1 Å². The van der Waals surface area contributed by atoms with Gasteiger partial charge in [0.1, 0.15) is 0 Å². The first-order valence-electron chi connectivity index (χ1n) is 5.92. The lowest BCUT2D eigenvalue weighted by Gasteiger charge is -2.27. The van der Waals surface area contributed by atoms with Gasteiger partial charge in [-0.25, -0.2) is 0 Å². The summed E-state index contributed by atoms with van der Waals surface area (Å²) in [6.07, 6.45) is -10.3. The van der Waals surface area contributed by atoms with Gasteiger partial charge in [0.25, 0.3) is 0 Å². The SMILES string of the molecule is CC(C)(CCCN)CNC(=O)C(C(F)(F)F)C(F)(F)F. The van der Waals surface area contributed by atoms with Crippen LogP contribution in [0.5, 0.6) is 0 Å². The molecule has 0 aromatic carbocycles. The van der Waals surface area contributed by atoms with Gasteiger partial charge in [-0.3, -0.25) is 4.79 Å². The van der Waals surface area contributed by atoms with E-state index < -0.39 is 29.6 Å². The Hall–Kier alpha value is -0.990. The first-order valence-corrected chi connectivity index (χ1v) is 5.92. The van der Waals surface area contributed by atoms with Gasteiger partial charge in [0, 0.05) is 6.54 Å². The average Bonchev–Trinajstić information content (AvgIpc) is 2.20. The zero-order valence-corrected chi connectivity index (χ0v) is 11.2. The molecule has 1 amide bonds. The van der Waals surface area contributed by atoms with Crippen LogP contribution >= 0.6 is 0 Å². The predicted octanol–water partition coefficient (Wildman–Crippen LogP) is 2.61. The van der Waals surface area contributed by atoms with Gasteiger partial charge in [0.15, 0.2) is 0 Å². The van der Waals surface area contributed by atoms with Gasteiger partial charge >= 0.3 is 12.4 Å². The van der Waals surface area contributed by atoms with Gasteiger partial charge in [0.2, 0.25) is 11.8 Å². The second-order valence-corrected chi connectivity index (χ2v) is 5.29. The summed E-state index contributed by atoms with van der Waals surface area (Å²) >= 11 is 0. The van der Waals surface area contributed by atoms with Crippen LogP contribution in [0.2, 0.25) is 0 Å². The summed E-state index contributed by atoms with van der Waals surface area (Å²) in [6, 6.07) is 0. The largest absolute Gasteiger partial charge is 0.409 e. The second kappa shape index (κ2) is 6.64. The Morgan fingerprint density at radius 2 is 1.55 bits per heavy atom. The van der Waals surface area contributed by atoms with Crippen LogP contribution in [0.15, 0.2) is 0 Å². The molecule has 20 heavy (non-hydrogen) atoms. The topological polar surface area (TPSA) is 55.1 Å². The molecular formula is C11H18F6N2O. The van der Waals surface area contributed by atoms with Gasteiger partial charge in [-0.05, 0) is 24.8 Å². The van der Waals surface area contributed by atoms with Crippen molar-refractivity contribution in [3.05, 3.63) is 0 Å². The Morgan fingerprint density at radius 1 is 1.10 bits per heavy atom. The minimum Gasteiger partial charge on any atom is -0.355 e. The van der Waals surface area contributed by atoms with E-state index in [-0.39, 0.29) is 6.54 Å². The molecule has 0 aliphatic carbocycles. The predicted molar refractivity (Wildman–Crippen MR) is 60.7 cm³/mol. The third kappa shape index (κ3) is 6.44. The van der Waals surface area contributed by atoms with Crippen LogP contribution in [0.4, 0.5) is 26.3 Å². The molecule has 3 nitrogen and oxygen atoms in total. The summed E-state index contributed by atoms with van der Waals surface area (Å²) in [5, 5.41) is 1.73. The zero-order valence-electron chi connectivity index (χ0n) is 11.2. The molecule has 0 saturated heterocycles. The highest BCUT2D eigenvalue weighted by Crippen LogP contribution is 2.39. The molecule has 0 aromatic heterocycles. The molecule has 0 aliphatic rings. The molecule has 0 aromatic rings. The number of rotatable bonds is 6. The van der Waals surface area contributed by atoms with Crippen LogP contribution in [0.3, 0.4) is 0 Å². The van der Waals surface area contributed by atoms with E-state index in [4.69, 9.17) is 5.73 Å². The van der Waals surface area contributed by atoms with Crippen molar-refractivity contribution in [3.63, 3.8) is 0 Å². The lowest BCUT2D eigenvalue weighted by Crippen LogP contribution is -2.49. The molecule has 0 heterocycles. The first kappa shape index (κ1) is 19.0. The molecule has 0 atom stereocenters. The van der Waals surface area contributed by atoms with Gasteiger partial charge in [-0.1, -0.05) is 13.8 Å². The summed E-state index contributed by atoms with van der Waals surface area (Å²) in [5.74, 6) is -6.08. The van der Waals surface area contributed by atoms with Crippen LogP contribution in [0, 0.1) is 11.3 Å². The van der Waals surface area contributed by atoms with E-state index in [0.29, 0.717) is 19.4 Å². The minimum atomic E-state index is -5.66. The second-order valence-electron chi connectivity index (χ2n) is 5.29. The van der Waals surface area contributed by atoms with Crippen molar-refractivity contribution < 1.29 is 31.1 Å². The molecule has 0 unspecified atom stereocenters. The lowest BCUT2D eigenvalue weighted by molar-refractivity contribution is -0.274. The normalized spacial score (nSPS) is 13.7. The number of halogens is 6. The fourth-order valence-corrected chi connectivity index (χ4v) is 1.58. The Balaban J connectivity index is 4.73.